The van der Waals surface area contributed by atoms with E-state index in [2.05, 4.69) is 5.32 Å². The van der Waals surface area contributed by atoms with Gasteiger partial charge in [0.05, 0.1) is 19.1 Å². The zero-order valence-electron chi connectivity index (χ0n) is 14.3. The van der Waals surface area contributed by atoms with Gasteiger partial charge < -0.3 is 15.8 Å². The molecule has 1 aromatic heterocycles. The summed E-state index contributed by atoms with van der Waals surface area (Å²) in [6.07, 6.45) is 5.36. The minimum Gasteiger partial charge on any atom is -0.497 e. The molecule has 0 radical (unpaired) electrons. The highest BCUT2D eigenvalue weighted by molar-refractivity contribution is 7.17. The molecule has 3 N–H and O–H groups in total. The van der Waals surface area contributed by atoms with Gasteiger partial charge in [-0.25, -0.2) is 0 Å². The van der Waals surface area contributed by atoms with Crippen LogP contribution in [0.2, 0.25) is 0 Å². The predicted molar refractivity (Wildman–Crippen MR) is 99.4 cm³/mol. The first-order valence-electron chi connectivity index (χ1n) is 8.45. The molecule has 2 amide bonds. The van der Waals surface area contributed by atoms with Crippen LogP contribution in [-0.2, 0) is 24.1 Å². The van der Waals surface area contributed by atoms with Crippen LogP contribution in [0.5, 0.6) is 5.75 Å². The van der Waals surface area contributed by atoms with Gasteiger partial charge in [0.1, 0.15) is 10.8 Å². The number of methoxy groups -OCH3 is 1. The van der Waals surface area contributed by atoms with Crippen molar-refractivity contribution in [3.05, 3.63) is 45.8 Å². The Hall–Kier alpha value is -2.34. The molecule has 5 nitrogen and oxygen atoms in total. The second kappa shape index (κ2) is 7.70. The standard InChI is InChI=1S/C19H22N2O3S/c1-24-13-7-5-6-12(10-13)11-16(22)21-19-17(18(20)23)14-8-3-2-4-9-15(14)25-19/h5-7,10H,2-4,8-9,11H2,1H3,(H2,20,23)(H,21,22). The molecule has 0 fully saturated rings. The normalized spacial score (nSPS) is 13.6. The van der Waals surface area contributed by atoms with Crippen LogP contribution < -0.4 is 15.8 Å². The molecular weight excluding hydrogens is 336 g/mol. The van der Waals surface area contributed by atoms with Crippen LogP contribution in [0.4, 0.5) is 5.00 Å². The second-order valence-electron chi connectivity index (χ2n) is 6.21. The predicted octanol–water partition coefficient (Wildman–Crippen LogP) is 3.31. The summed E-state index contributed by atoms with van der Waals surface area (Å²) >= 11 is 1.49. The van der Waals surface area contributed by atoms with E-state index in [1.54, 1.807) is 7.11 Å². The van der Waals surface area contributed by atoms with Crippen LogP contribution in [0.25, 0.3) is 0 Å². The number of hydrogen-bond donors (Lipinski definition) is 2. The number of aryl methyl sites for hydroxylation is 1. The number of rotatable bonds is 5. The first-order valence-corrected chi connectivity index (χ1v) is 9.27. The van der Waals surface area contributed by atoms with Crippen molar-refractivity contribution in [2.75, 3.05) is 12.4 Å². The van der Waals surface area contributed by atoms with E-state index in [4.69, 9.17) is 10.5 Å². The molecule has 0 unspecified atom stereocenters. The Bertz CT molecular complexity index is 798. The van der Waals surface area contributed by atoms with E-state index in [1.807, 2.05) is 24.3 Å². The summed E-state index contributed by atoms with van der Waals surface area (Å²) in [7, 11) is 1.59. The van der Waals surface area contributed by atoms with Crippen LogP contribution in [-0.4, -0.2) is 18.9 Å². The molecule has 6 heteroatoms. The maximum absolute atomic E-state index is 12.4. The van der Waals surface area contributed by atoms with Crippen LogP contribution in [0.1, 0.15) is 45.6 Å². The fraction of sp³-hybridized carbons (Fsp3) is 0.368. The SMILES string of the molecule is COc1cccc(CC(=O)Nc2sc3c(c2C(N)=O)CCCCC3)c1. The molecule has 1 aliphatic carbocycles. The summed E-state index contributed by atoms with van der Waals surface area (Å²) in [4.78, 5) is 25.6. The lowest BCUT2D eigenvalue weighted by molar-refractivity contribution is -0.115. The van der Waals surface area contributed by atoms with Gasteiger partial charge in [-0.05, 0) is 48.9 Å². The highest BCUT2D eigenvalue weighted by atomic mass is 32.1. The van der Waals surface area contributed by atoms with Crippen molar-refractivity contribution in [1.82, 2.24) is 0 Å². The lowest BCUT2D eigenvalue weighted by Gasteiger charge is -2.07. The first-order chi connectivity index (χ1) is 12.1. The maximum Gasteiger partial charge on any atom is 0.251 e. The highest BCUT2D eigenvalue weighted by Gasteiger charge is 2.24. The maximum atomic E-state index is 12.4. The summed E-state index contributed by atoms with van der Waals surface area (Å²) < 4.78 is 5.18. The molecule has 1 heterocycles. The van der Waals surface area contributed by atoms with Crippen molar-refractivity contribution >= 4 is 28.2 Å². The van der Waals surface area contributed by atoms with Crippen LogP contribution in [0.3, 0.4) is 0 Å². The number of nitrogens with one attached hydrogen (secondary N) is 1. The number of amides is 2. The monoisotopic (exact) mass is 358 g/mol. The Labute approximate surface area is 151 Å². The van der Waals surface area contributed by atoms with Gasteiger partial charge in [-0.2, -0.15) is 0 Å². The summed E-state index contributed by atoms with van der Waals surface area (Å²) in [5.74, 6) is 0.0919. The zero-order chi connectivity index (χ0) is 17.8. The van der Waals surface area contributed by atoms with E-state index in [1.165, 1.54) is 16.2 Å². The fourth-order valence-corrected chi connectivity index (χ4v) is 4.54. The molecule has 132 valence electrons. The largest absolute Gasteiger partial charge is 0.497 e. The van der Waals surface area contributed by atoms with Crippen molar-refractivity contribution in [3.8, 4) is 5.75 Å². The fourth-order valence-electron chi connectivity index (χ4n) is 3.23. The number of thiophene rings is 1. The third-order valence-electron chi connectivity index (χ3n) is 4.42. The minimum absolute atomic E-state index is 0.160. The third-order valence-corrected chi connectivity index (χ3v) is 5.63. The molecule has 0 spiro atoms. The summed E-state index contributed by atoms with van der Waals surface area (Å²) in [5, 5.41) is 3.48. The van der Waals surface area contributed by atoms with Gasteiger partial charge in [0.2, 0.25) is 5.91 Å². The molecule has 0 bridgehead atoms. The average Bonchev–Trinajstić information content (AvgIpc) is 2.76. The molecule has 1 aliphatic rings. The van der Waals surface area contributed by atoms with E-state index in [9.17, 15) is 9.59 Å². The quantitative estimate of drug-likeness (QED) is 0.805. The summed E-state index contributed by atoms with van der Waals surface area (Å²) in [6, 6.07) is 7.39. The van der Waals surface area contributed by atoms with Crippen LogP contribution in [0, 0.1) is 0 Å². The smallest absolute Gasteiger partial charge is 0.251 e. The number of fused-ring (bicyclic) bond motifs is 1. The lowest BCUT2D eigenvalue weighted by Crippen LogP contribution is -2.19. The topological polar surface area (TPSA) is 81.4 Å². The van der Waals surface area contributed by atoms with Gasteiger partial charge in [0.25, 0.3) is 5.91 Å². The van der Waals surface area contributed by atoms with Gasteiger partial charge >= 0.3 is 0 Å². The van der Waals surface area contributed by atoms with Crippen molar-refractivity contribution in [3.63, 3.8) is 0 Å². The number of benzene rings is 1. The zero-order valence-corrected chi connectivity index (χ0v) is 15.1. The molecule has 25 heavy (non-hydrogen) atoms. The Morgan fingerprint density at radius 2 is 2.04 bits per heavy atom. The molecule has 0 saturated heterocycles. The molecule has 2 aromatic rings. The summed E-state index contributed by atoms with van der Waals surface area (Å²) in [6.45, 7) is 0. The van der Waals surface area contributed by atoms with Gasteiger partial charge in [-0.3, -0.25) is 9.59 Å². The van der Waals surface area contributed by atoms with Gasteiger partial charge in [0, 0.05) is 4.88 Å². The Morgan fingerprint density at radius 3 is 2.80 bits per heavy atom. The lowest BCUT2D eigenvalue weighted by atomic mass is 10.1. The Balaban J connectivity index is 1.80. The Morgan fingerprint density at radius 1 is 1.24 bits per heavy atom. The third kappa shape index (κ3) is 4.02. The molecule has 1 aromatic carbocycles. The number of nitrogens with two attached hydrogens (primary N) is 1. The molecule has 0 saturated carbocycles. The molecule has 3 rings (SSSR count). The van der Waals surface area contributed by atoms with Crippen LogP contribution >= 0.6 is 11.3 Å². The van der Waals surface area contributed by atoms with Crippen molar-refractivity contribution in [1.29, 1.82) is 0 Å². The van der Waals surface area contributed by atoms with E-state index in [0.717, 1.165) is 43.2 Å². The minimum atomic E-state index is -0.462. The number of hydrogen-bond acceptors (Lipinski definition) is 4. The van der Waals surface area contributed by atoms with E-state index < -0.39 is 5.91 Å². The first kappa shape index (κ1) is 17.5. The number of primary amides is 1. The number of anilines is 1. The van der Waals surface area contributed by atoms with Crippen molar-refractivity contribution in [2.45, 2.75) is 38.5 Å². The molecular formula is C19H22N2O3S. The highest BCUT2D eigenvalue weighted by Crippen LogP contribution is 2.37. The van der Waals surface area contributed by atoms with Gasteiger partial charge in [-0.15, -0.1) is 11.3 Å². The van der Waals surface area contributed by atoms with Crippen LogP contribution in [0.15, 0.2) is 24.3 Å². The summed E-state index contributed by atoms with van der Waals surface area (Å²) in [5.41, 5.74) is 7.99. The average molecular weight is 358 g/mol. The van der Waals surface area contributed by atoms with Gasteiger partial charge in [0.15, 0.2) is 0 Å². The molecule has 0 atom stereocenters. The number of ether oxygens (including phenoxy) is 1. The second-order valence-corrected chi connectivity index (χ2v) is 7.31. The van der Waals surface area contributed by atoms with E-state index in [0.29, 0.717) is 16.3 Å². The number of carbonyl (C=O) groups excluding carboxylic acids is 2. The van der Waals surface area contributed by atoms with Gasteiger partial charge in [-0.1, -0.05) is 18.6 Å². The van der Waals surface area contributed by atoms with E-state index in [-0.39, 0.29) is 12.3 Å². The Kier molecular flexibility index (Phi) is 5.38. The molecule has 0 aliphatic heterocycles. The van der Waals surface area contributed by atoms with E-state index >= 15 is 0 Å². The number of carbonyl (C=O) groups is 2. The van der Waals surface area contributed by atoms with Crippen molar-refractivity contribution < 1.29 is 14.3 Å². The van der Waals surface area contributed by atoms with Crippen molar-refractivity contribution in [2.24, 2.45) is 5.73 Å².